The van der Waals surface area contributed by atoms with Gasteiger partial charge in [0.25, 0.3) is 0 Å². The molecule has 0 unspecified atom stereocenters. The van der Waals surface area contributed by atoms with Crippen LogP contribution < -0.4 is 5.32 Å². The van der Waals surface area contributed by atoms with Crippen LogP contribution in [-0.4, -0.2) is 22.5 Å². The lowest BCUT2D eigenvalue weighted by atomic mass is 10.2. The van der Waals surface area contributed by atoms with Gasteiger partial charge < -0.3 is 5.32 Å². The molecule has 0 radical (unpaired) electrons. The molecule has 1 atom stereocenters. The van der Waals surface area contributed by atoms with E-state index in [4.69, 9.17) is 0 Å². The van der Waals surface area contributed by atoms with Crippen LogP contribution >= 0.6 is 11.8 Å². The van der Waals surface area contributed by atoms with E-state index in [2.05, 4.69) is 15.5 Å². The number of carbonyl (C=O) groups excluding carboxylic acids is 1. The summed E-state index contributed by atoms with van der Waals surface area (Å²) in [7, 11) is 0. The second-order valence-corrected chi connectivity index (χ2v) is 4.78. The van der Waals surface area contributed by atoms with Crippen LogP contribution in [0.4, 0.5) is 4.39 Å². The molecule has 1 aliphatic rings. The number of carbonyl (C=O) groups is 1. The van der Waals surface area contributed by atoms with E-state index in [0.29, 0.717) is 5.17 Å². The molecule has 0 aromatic heterocycles. The number of hydrogen-bond acceptors (Lipinski definition) is 4. The summed E-state index contributed by atoms with van der Waals surface area (Å²) in [6.07, 6.45) is 1.50. The van der Waals surface area contributed by atoms with Gasteiger partial charge in [0.2, 0.25) is 5.91 Å². The van der Waals surface area contributed by atoms with Crippen molar-refractivity contribution in [3.05, 3.63) is 35.6 Å². The van der Waals surface area contributed by atoms with Crippen LogP contribution in [-0.2, 0) is 4.79 Å². The summed E-state index contributed by atoms with van der Waals surface area (Å²) in [4.78, 5) is 11.1. The normalized spacial score (nSPS) is 22.4. The van der Waals surface area contributed by atoms with Gasteiger partial charge in [-0.2, -0.15) is 5.10 Å². The Morgan fingerprint density at radius 1 is 1.41 bits per heavy atom. The first-order valence-corrected chi connectivity index (χ1v) is 5.87. The lowest BCUT2D eigenvalue weighted by molar-refractivity contribution is -0.118. The number of hydrogen-bond donors (Lipinski definition) is 1. The molecule has 1 aromatic carbocycles. The number of nitrogens with one attached hydrogen (secondary N) is 1. The fourth-order valence-corrected chi connectivity index (χ4v) is 1.96. The van der Waals surface area contributed by atoms with Crippen molar-refractivity contribution >= 4 is 29.1 Å². The van der Waals surface area contributed by atoms with Crippen molar-refractivity contribution < 1.29 is 9.18 Å². The number of nitrogens with zero attached hydrogens (tertiary/aromatic N) is 2. The molecule has 88 valence electrons. The average molecular weight is 251 g/mol. The van der Waals surface area contributed by atoms with Crippen LogP contribution in [0.25, 0.3) is 0 Å². The highest BCUT2D eigenvalue weighted by Crippen LogP contribution is 2.18. The van der Waals surface area contributed by atoms with Crippen molar-refractivity contribution in [2.45, 2.75) is 12.2 Å². The molecule has 0 bridgehead atoms. The lowest BCUT2D eigenvalue weighted by Gasteiger charge is -1.91. The van der Waals surface area contributed by atoms with Crippen LogP contribution in [0, 0.1) is 5.82 Å². The second-order valence-electron chi connectivity index (χ2n) is 3.45. The summed E-state index contributed by atoms with van der Waals surface area (Å²) in [5.74, 6) is -0.355. The molecule has 0 saturated carbocycles. The monoisotopic (exact) mass is 251 g/mol. The van der Waals surface area contributed by atoms with E-state index in [-0.39, 0.29) is 17.0 Å². The number of thioether (sulfide) groups is 1. The zero-order chi connectivity index (χ0) is 12.3. The van der Waals surface area contributed by atoms with Crippen LogP contribution in [0.1, 0.15) is 12.5 Å². The van der Waals surface area contributed by atoms with Crippen LogP contribution in [0.5, 0.6) is 0 Å². The first-order valence-electron chi connectivity index (χ1n) is 4.99. The first kappa shape index (κ1) is 11.8. The Labute approximate surface area is 102 Å². The number of amides is 1. The van der Waals surface area contributed by atoms with Crippen molar-refractivity contribution in [1.29, 1.82) is 0 Å². The van der Waals surface area contributed by atoms with Crippen molar-refractivity contribution in [3.8, 4) is 0 Å². The molecule has 1 heterocycles. The number of rotatable bonds is 2. The molecule has 1 aromatic rings. The SMILES string of the molecule is C[C@@H]1S/C(=N\N=C/c2ccc(F)cc2)NC1=O. The quantitative estimate of drug-likeness (QED) is 0.643. The molecule has 4 nitrogen and oxygen atoms in total. The van der Waals surface area contributed by atoms with Gasteiger partial charge in [0.05, 0.1) is 11.5 Å². The Hall–Kier alpha value is -1.69. The van der Waals surface area contributed by atoms with Gasteiger partial charge in [-0.15, -0.1) is 5.10 Å². The minimum atomic E-state index is -0.291. The fraction of sp³-hybridized carbons (Fsp3) is 0.182. The van der Waals surface area contributed by atoms with Crippen molar-refractivity contribution in [1.82, 2.24) is 5.32 Å². The summed E-state index contributed by atoms with van der Waals surface area (Å²) in [6, 6.07) is 5.90. The van der Waals surface area contributed by atoms with Crippen LogP contribution in [0.15, 0.2) is 34.5 Å². The lowest BCUT2D eigenvalue weighted by Crippen LogP contribution is -2.23. The molecular weight excluding hydrogens is 241 g/mol. The highest BCUT2D eigenvalue weighted by atomic mass is 32.2. The van der Waals surface area contributed by atoms with Gasteiger partial charge in [-0.3, -0.25) is 4.79 Å². The van der Waals surface area contributed by atoms with Crippen LogP contribution in [0.2, 0.25) is 0 Å². The molecule has 17 heavy (non-hydrogen) atoms. The van der Waals surface area contributed by atoms with Gasteiger partial charge in [-0.05, 0) is 24.6 Å². The Bertz CT molecular complexity index is 484. The summed E-state index contributed by atoms with van der Waals surface area (Å²) in [5.41, 5.74) is 0.748. The molecule has 0 aliphatic carbocycles. The van der Waals surface area contributed by atoms with Gasteiger partial charge in [-0.25, -0.2) is 4.39 Å². The molecule has 2 rings (SSSR count). The number of halogens is 1. The maximum absolute atomic E-state index is 12.6. The van der Waals surface area contributed by atoms with E-state index < -0.39 is 0 Å². The zero-order valence-corrected chi connectivity index (χ0v) is 9.87. The molecule has 0 spiro atoms. The maximum Gasteiger partial charge on any atom is 0.239 e. The van der Waals surface area contributed by atoms with E-state index in [0.717, 1.165) is 5.56 Å². The van der Waals surface area contributed by atoms with E-state index in [1.165, 1.54) is 30.1 Å². The van der Waals surface area contributed by atoms with E-state index in [1.54, 1.807) is 19.1 Å². The minimum absolute atomic E-state index is 0.0641. The largest absolute Gasteiger partial charge is 0.303 e. The number of benzene rings is 1. The minimum Gasteiger partial charge on any atom is -0.303 e. The smallest absolute Gasteiger partial charge is 0.239 e. The van der Waals surface area contributed by atoms with Gasteiger partial charge in [0.15, 0.2) is 5.17 Å². The highest BCUT2D eigenvalue weighted by Gasteiger charge is 2.25. The van der Waals surface area contributed by atoms with Gasteiger partial charge in [-0.1, -0.05) is 23.9 Å². The van der Waals surface area contributed by atoms with Crippen molar-refractivity contribution in [2.24, 2.45) is 10.2 Å². The third kappa shape index (κ3) is 3.13. The molecule has 1 amide bonds. The summed E-state index contributed by atoms with van der Waals surface area (Å²) < 4.78 is 12.6. The van der Waals surface area contributed by atoms with E-state index >= 15 is 0 Å². The van der Waals surface area contributed by atoms with Crippen molar-refractivity contribution in [2.75, 3.05) is 0 Å². The molecule has 6 heteroatoms. The second kappa shape index (κ2) is 5.09. The third-order valence-corrected chi connectivity index (χ3v) is 3.09. The summed E-state index contributed by atoms with van der Waals surface area (Å²) >= 11 is 1.33. The van der Waals surface area contributed by atoms with Gasteiger partial charge in [0.1, 0.15) is 5.82 Å². The van der Waals surface area contributed by atoms with Crippen LogP contribution in [0.3, 0.4) is 0 Å². The zero-order valence-electron chi connectivity index (χ0n) is 9.05. The predicted octanol–water partition coefficient (Wildman–Crippen LogP) is 1.77. The maximum atomic E-state index is 12.6. The van der Waals surface area contributed by atoms with E-state index in [9.17, 15) is 9.18 Å². The van der Waals surface area contributed by atoms with E-state index in [1.807, 2.05) is 0 Å². The van der Waals surface area contributed by atoms with Gasteiger partial charge >= 0.3 is 0 Å². The molecule has 1 N–H and O–H groups in total. The molecule has 1 aliphatic heterocycles. The van der Waals surface area contributed by atoms with Gasteiger partial charge in [0, 0.05) is 0 Å². The third-order valence-electron chi connectivity index (χ3n) is 2.11. The fourth-order valence-electron chi connectivity index (χ4n) is 1.20. The summed E-state index contributed by atoms with van der Waals surface area (Å²) in [6.45, 7) is 1.80. The number of amidine groups is 1. The Kier molecular flexibility index (Phi) is 3.53. The average Bonchev–Trinajstić information content (AvgIpc) is 2.61. The Balaban J connectivity index is 2.00. The molecule has 1 fully saturated rings. The topological polar surface area (TPSA) is 53.8 Å². The predicted molar refractivity (Wildman–Crippen MR) is 66.6 cm³/mol. The standard InChI is InChI=1S/C11H10FN3OS/c1-7-10(16)14-11(17-7)15-13-6-8-2-4-9(12)5-3-8/h2-7H,1H3,(H,14,15,16)/b13-6-/t7-/m0/s1. The van der Waals surface area contributed by atoms with Crippen molar-refractivity contribution in [3.63, 3.8) is 0 Å². The Morgan fingerprint density at radius 3 is 2.71 bits per heavy atom. The molecule has 1 saturated heterocycles. The summed E-state index contributed by atoms with van der Waals surface area (Å²) in [5, 5.41) is 10.6. The molecular formula is C11H10FN3OS. The Morgan fingerprint density at radius 2 is 2.12 bits per heavy atom. The first-order chi connectivity index (χ1) is 8.15. The highest BCUT2D eigenvalue weighted by molar-refractivity contribution is 8.15.